The van der Waals surface area contributed by atoms with Gasteiger partial charge in [-0.3, -0.25) is 9.59 Å². The lowest BCUT2D eigenvalue weighted by Gasteiger charge is -2.29. The zero-order valence-corrected chi connectivity index (χ0v) is 17.3. The molecule has 1 aromatic heterocycles. The lowest BCUT2D eigenvalue weighted by atomic mass is 10.1. The van der Waals surface area contributed by atoms with E-state index in [1.54, 1.807) is 43.0 Å². The van der Waals surface area contributed by atoms with Crippen LogP contribution < -0.4 is 11.1 Å². The summed E-state index contributed by atoms with van der Waals surface area (Å²) in [5, 5.41) is 6.89. The van der Waals surface area contributed by atoms with E-state index in [2.05, 4.69) is 10.4 Å². The Morgan fingerprint density at radius 2 is 1.83 bits per heavy atom. The molecule has 2 heterocycles. The minimum atomic E-state index is -0.593. The maximum atomic E-state index is 12.5. The second kappa shape index (κ2) is 9.43. The van der Waals surface area contributed by atoms with Crippen LogP contribution in [0.4, 0.5) is 5.82 Å². The summed E-state index contributed by atoms with van der Waals surface area (Å²) in [7, 11) is 0. The Labute approximate surface area is 175 Å². The second-order valence-electron chi connectivity index (χ2n) is 7.20. The molecule has 9 nitrogen and oxygen atoms in total. The fourth-order valence-electron chi connectivity index (χ4n) is 3.41. The van der Waals surface area contributed by atoms with Gasteiger partial charge in [0.15, 0.2) is 0 Å². The van der Waals surface area contributed by atoms with Gasteiger partial charge in [0.05, 0.1) is 18.5 Å². The SMILES string of the molecule is CCOC(=O)c1cnn(-c2ccc(C(=O)NC(C)C(=O)N3CCCCC3)cc2)c1N. The van der Waals surface area contributed by atoms with Gasteiger partial charge in [0.2, 0.25) is 5.91 Å². The molecule has 9 heteroatoms. The first-order valence-corrected chi connectivity index (χ1v) is 10.1. The van der Waals surface area contributed by atoms with Crippen molar-refractivity contribution in [2.45, 2.75) is 39.2 Å². The van der Waals surface area contributed by atoms with E-state index in [9.17, 15) is 14.4 Å². The molecule has 1 aromatic carbocycles. The first-order chi connectivity index (χ1) is 14.4. The number of aromatic nitrogens is 2. The Morgan fingerprint density at radius 1 is 1.17 bits per heavy atom. The minimum absolute atomic E-state index is 0.0597. The van der Waals surface area contributed by atoms with Crippen molar-refractivity contribution in [1.29, 1.82) is 0 Å². The predicted octanol–water partition coefficient (Wildman–Crippen LogP) is 1.76. The highest BCUT2D eigenvalue weighted by Crippen LogP contribution is 2.19. The Balaban J connectivity index is 1.66. The molecule has 1 unspecified atom stereocenters. The Kier molecular flexibility index (Phi) is 6.71. The maximum absolute atomic E-state index is 12.5. The van der Waals surface area contributed by atoms with Crippen LogP contribution in [-0.4, -0.2) is 58.2 Å². The van der Waals surface area contributed by atoms with Crippen molar-refractivity contribution in [3.8, 4) is 5.69 Å². The number of nitrogen functional groups attached to an aromatic ring is 1. The molecule has 0 aliphatic carbocycles. The smallest absolute Gasteiger partial charge is 0.343 e. The molecule has 30 heavy (non-hydrogen) atoms. The lowest BCUT2D eigenvalue weighted by molar-refractivity contribution is -0.133. The highest BCUT2D eigenvalue weighted by molar-refractivity contribution is 5.97. The van der Waals surface area contributed by atoms with E-state index < -0.39 is 12.0 Å². The second-order valence-corrected chi connectivity index (χ2v) is 7.20. The molecule has 3 rings (SSSR count). The van der Waals surface area contributed by atoms with Gasteiger partial charge in [0.1, 0.15) is 17.4 Å². The van der Waals surface area contributed by atoms with Crippen LogP contribution in [0.1, 0.15) is 53.8 Å². The zero-order chi connectivity index (χ0) is 21.7. The number of rotatable bonds is 6. The number of nitrogens with one attached hydrogen (secondary N) is 1. The Hall–Kier alpha value is -3.36. The number of hydrogen-bond acceptors (Lipinski definition) is 6. The zero-order valence-electron chi connectivity index (χ0n) is 17.3. The van der Waals surface area contributed by atoms with Gasteiger partial charge >= 0.3 is 5.97 Å². The van der Waals surface area contributed by atoms with Gasteiger partial charge in [-0.25, -0.2) is 9.48 Å². The first kappa shape index (κ1) is 21.4. The van der Waals surface area contributed by atoms with E-state index >= 15 is 0 Å². The highest BCUT2D eigenvalue weighted by atomic mass is 16.5. The molecule has 1 atom stereocenters. The molecule has 0 bridgehead atoms. The van der Waals surface area contributed by atoms with Gasteiger partial charge in [0.25, 0.3) is 5.91 Å². The van der Waals surface area contributed by atoms with Crippen molar-refractivity contribution >= 4 is 23.6 Å². The van der Waals surface area contributed by atoms with Crippen molar-refractivity contribution < 1.29 is 19.1 Å². The van der Waals surface area contributed by atoms with Crippen LogP contribution in [0.15, 0.2) is 30.5 Å². The van der Waals surface area contributed by atoms with Gasteiger partial charge in [0, 0.05) is 18.7 Å². The summed E-state index contributed by atoms with van der Waals surface area (Å²) in [4.78, 5) is 38.7. The molecular weight excluding hydrogens is 386 g/mol. The molecule has 160 valence electrons. The number of ether oxygens (including phenoxy) is 1. The number of carbonyl (C=O) groups is 3. The Morgan fingerprint density at radius 3 is 2.47 bits per heavy atom. The number of carbonyl (C=O) groups excluding carboxylic acids is 3. The third kappa shape index (κ3) is 4.61. The van der Waals surface area contributed by atoms with E-state index in [1.165, 1.54) is 10.9 Å². The van der Waals surface area contributed by atoms with Crippen molar-refractivity contribution in [3.63, 3.8) is 0 Å². The van der Waals surface area contributed by atoms with Crippen LogP contribution in [0, 0.1) is 0 Å². The molecular formula is C21H27N5O4. The van der Waals surface area contributed by atoms with E-state index in [4.69, 9.17) is 10.5 Å². The average Bonchev–Trinajstić information content (AvgIpc) is 3.15. The van der Waals surface area contributed by atoms with Crippen LogP contribution in [-0.2, 0) is 9.53 Å². The molecule has 2 amide bonds. The van der Waals surface area contributed by atoms with E-state index in [1.807, 2.05) is 0 Å². The van der Waals surface area contributed by atoms with E-state index in [-0.39, 0.29) is 29.8 Å². The summed E-state index contributed by atoms with van der Waals surface area (Å²) in [6.45, 7) is 5.14. The molecule has 0 saturated carbocycles. The van der Waals surface area contributed by atoms with Crippen LogP contribution in [0.5, 0.6) is 0 Å². The summed E-state index contributed by atoms with van der Waals surface area (Å²) in [5.74, 6) is -0.772. The fourth-order valence-corrected chi connectivity index (χ4v) is 3.41. The summed E-state index contributed by atoms with van der Waals surface area (Å²) in [6, 6.07) is 5.99. The molecule has 1 saturated heterocycles. The van der Waals surface area contributed by atoms with Crippen LogP contribution in [0.3, 0.4) is 0 Å². The van der Waals surface area contributed by atoms with Crippen molar-refractivity contribution in [3.05, 3.63) is 41.6 Å². The number of esters is 1. The molecule has 1 aliphatic heterocycles. The summed E-state index contributed by atoms with van der Waals surface area (Å²) in [5.41, 5.74) is 7.20. The third-order valence-electron chi connectivity index (χ3n) is 5.06. The number of amides is 2. The van der Waals surface area contributed by atoms with Crippen molar-refractivity contribution in [2.75, 3.05) is 25.4 Å². The van der Waals surface area contributed by atoms with Gasteiger partial charge in [-0.05, 0) is 57.4 Å². The van der Waals surface area contributed by atoms with Gasteiger partial charge in [-0.2, -0.15) is 5.10 Å². The van der Waals surface area contributed by atoms with Crippen molar-refractivity contribution in [1.82, 2.24) is 20.0 Å². The molecule has 3 N–H and O–H groups in total. The number of nitrogens with zero attached hydrogens (tertiary/aromatic N) is 3. The fraction of sp³-hybridized carbons (Fsp3) is 0.429. The largest absolute Gasteiger partial charge is 0.462 e. The number of likely N-dealkylation sites (tertiary alicyclic amines) is 1. The van der Waals surface area contributed by atoms with Crippen LogP contribution in [0.2, 0.25) is 0 Å². The summed E-state index contributed by atoms with van der Waals surface area (Å²) in [6.07, 6.45) is 4.49. The van der Waals surface area contributed by atoms with Gasteiger partial charge in [-0.15, -0.1) is 0 Å². The quantitative estimate of drug-likeness (QED) is 0.697. The molecule has 0 spiro atoms. The molecule has 2 aromatic rings. The minimum Gasteiger partial charge on any atom is -0.462 e. The van der Waals surface area contributed by atoms with Crippen molar-refractivity contribution in [2.24, 2.45) is 0 Å². The standard InChI is InChI=1S/C21H27N5O4/c1-3-30-21(29)17-13-23-26(18(17)22)16-9-7-15(8-10-16)19(27)24-14(2)20(28)25-11-5-4-6-12-25/h7-10,13-14H,3-6,11-12,22H2,1-2H3,(H,24,27). The summed E-state index contributed by atoms with van der Waals surface area (Å²) >= 11 is 0. The molecule has 1 aliphatic rings. The highest BCUT2D eigenvalue weighted by Gasteiger charge is 2.24. The number of hydrogen-bond donors (Lipinski definition) is 2. The number of nitrogens with two attached hydrogens (primary N) is 1. The predicted molar refractivity (Wildman–Crippen MR) is 111 cm³/mol. The average molecular weight is 413 g/mol. The first-order valence-electron chi connectivity index (χ1n) is 10.1. The third-order valence-corrected chi connectivity index (χ3v) is 5.06. The molecule has 0 radical (unpaired) electrons. The van der Waals surface area contributed by atoms with Gasteiger partial charge < -0.3 is 20.7 Å². The van der Waals surface area contributed by atoms with Crippen LogP contribution in [0.25, 0.3) is 5.69 Å². The lowest BCUT2D eigenvalue weighted by Crippen LogP contribution is -2.48. The summed E-state index contributed by atoms with van der Waals surface area (Å²) < 4.78 is 6.35. The monoisotopic (exact) mass is 413 g/mol. The van der Waals surface area contributed by atoms with E-state index in [0.29, 0.717) is 11.3 Å². The Bertz CT molecular complexity index is 916. The molecule has 1 fully saturated rings. The van der Waals surface area contributed by atoms with Gasteiger partial charge in [-0.1, -0.05) is 0 Å². The topological polar surface area (TPSA) is 120 Å². The normalized spacial score (nSPS) is 14.8. The van der Waals surface area contributed by atoms with Crippen LogP contribution >= 0.6 is 0 Å². The maximum Gasteiger partial charge on any atom is 0.343 e. The number of piperidine rings is 1. The number of anilines is 1. The number of benzene rings is 1. The van der Waals surface area contributed by atoms with E-state index in [0.717, 1.165) is 32.4 Å².